The molecule has 0 saturated carbocycles. The van der Waals surface area contributed by atoms with Crippen LogP contribution in [-0.2, 0) is 9.53 Å². The number of nitrogens with one attached hydrogen (secondary N) is 1. The van der Waals surface area contributed by atoms with Crippen molar-refractivity contribution in [3.8, 4) is 0 Å². The summed E-state index contributed by atoms with van der Waals surface area (Å²) in [6.07, 6.45) is 6.62. The first kappa shape index (κ1) is 20.0. The third-order valence-electron chi connectivity index (χ3n) is 4.86. The lowest BCUT2D eigenvalue weighted by Gasteiger charge is -2.27. The Hall–Kier alpha value is -2.77. The summed E-state index contributed by atoms with van der Waals surface area (Å²) in [6, 6.07) is 5.54. The van der Waals surface area contributed by atoms with Crippen molar-refractivity contribution in [1.82, 2.24) is 20.2 Å². The smallest absolute Gasteiger partial charge is 0.338 e. The van der Waals surface area contributed by atoms with Gasteiger partial charge in [0.15, 0.2) is 0 Å². The molecule has 8 heteroatoms. The molecule has 1 N–H and O–H groups in total. The number of allylic oxidation sites excluding steroid dienone is 1. The van der Waals surface area contributed by atoms with Crippen molar-refractivity contribution in [2.24, 2.45) is 0 Å². The standard InChI is InChI=1S/C20H26FN5O2/c1-3-4-5-6-7-10-13-28-19(27)17-14(2)22-20-23-24-25-26(20)18(17)15-11-8-9-12-16(15)21/h8-9,11-12,18H,3-7,10,13H2,1-2H3,(H,22,23,25)/t18-/m1/s1. The molecular formula is C20H26FN5O2. The first-order valence-corrected chi connectivity index (χ1v) is 9.80. The number of unbranched alkanes of at least 4 members (excludes halogenated alkanes) is 5. The van der Waals surface area contributed by atoms with Crippen molar-refractivity contribution >= 4 is 11.9 Å². The van der Waals surface area contributed by atoms with Crippen molar-refractivity contribution in [3.63, 3.8) is 0 Å². The lowest BCUT2D eigenvalue weighted by Crippen LogP contribution is -2.30. The highest BCUT2D eigenvalue weighted by molar-refractivity contribution is 5.92. The highest BCUT2D eigenvalue weighted by Crippen LogP contribution is 2.35. The van der Waals surface area contributed by atoms with Crippen LogP contribution in [0.2, 0.25) is 0 Å². The Morgan fingerprint density at radius 2 is 1.96 bits per heavy atom. The third kappa shape index (κ3) is 4.37. The normalized spacial score (nSPS) is 15.9. The van der Waals surface area contributed by atoms with E-state index in [1.165, 1.54) is 30.0 Å². The van der Waals surface area contributed by atoms with Crippen molar-refractivity contribution in [1.29, 1.82) is 0 Å². The number of esters is 1. The number of ether oxygens (including phenoxy) is 1. The van der Waals surface area contributed by atoms with Gasteiger partial charge in [-0.1, -0.05) is 62.3 Å². The monoisotopic (exact) mass is 387 g/mol. The average Bonchev–Trinajstić information content (AvgIpc) is 3.14. The Balaban J connectivity index is 1.74. The number of rotatable bonds is 9. The summed E-state index contributed by atoms with van der Waals surface area (Å²) in [4.78, 5) is 12.8. The molecule has 3 rings (SSSR count). The zero-order valence-electron chi connectivity index (χ0n) is 16.3. The van der Waals surface area contributed by atoms with Crippen molar-refractivity contribution in [2.45, 2.75) is 58.4 Å². The molecule has 1 aliphatic rings. The van der Waals surface area contributed by atoms with Crippen molar-refractivity contribution < 1.29 is 13.9 Å². The zero-order chi connectivity index (χ0) is 19.9. The summed E-state index contributed by atoms with van der Waals surface area (Å²) in [5, 5.41) is 14.5. The molecule has 0 fully saturated rings. The molecule has 28 heavy (non-hydrogen) atoms. The minimum absolute atomic E-state index is 0.316. The molecule has 2 aromatic rings. The second-order valence-electron chi connectivity index (χ2n) is 6.94. The second-order valence-corrected chi connectivity index (χ2v) is 6.94. The summed E-state index contributed by atoms with van der Waals surface area (Å²) < 4.78 is 21.4. The number of fused-ring (bicyclic) bond motifs is 1. The van der Waals surface area contributed by atoms with E-state index in [1.54, 1.807) is 25.1 Å². The number of nitrogens with zero attached hydrogens (tertiary/aromatic N) is 4. The average molecular weight is 387 g/mol. The van der Waals surface area contributed by atoms with E-state index in [1.807, 2.05) is 0 Å². The summed E-state index contributed by atoms with van der Waals surface area (Å²) in [7, 11) is 0. The number of aromatic nitrogens is 4. The number of carbonyl (C=O) groups is 1. The summed E-state index contributed by atoms with van der Waals surface area (Å²) in [5.74, 6) is -0.545. The molecule has 0 radical (unpaired) electrons. The topological polar surface area (TPSA) is 81.9 Å². The molecule has 7 nitrogen and oxygen atoms in total. The van der Waals surface area contributed by atoms with Gasteiger partial charge in [-0.3, -0.25) is 0 Å². The van der Waals surface area contributed by atoms with E-state index in [0.717, 1.165) is 19.3 Å². The number of tetrazole rings is 1. The Morgan fingerprint density at radius 1 is 1.21 bits per heavy atom. The van der Waals surface area contributed by atoms with E-state index in [2.05, 4.69) is 27.8 Å². The van der Waals surface area contributed by atoms with E-state index < -0.39 is 17.8 Å². The third-order valence-corrected chi connectivity index (χ3v) is 4.86. The number of anilines is 1. The van der Waals surface area contributed by atoms with Crippen LogP contribution >= 0.6 is 0 Å². The highest BCUT2D eigenvalue weighted by atomic mass is 19.1. The van der Waals surface area contributed by atoms with E-state index in [4.69, 9.17) is 4.74 Å². The minimum Gasteiger partial charge on any atom is -0.462 e. The Kier molecular flexibility index (Phi) is 6.73. The van der Waals surface area contributed by atoms with Gasteiger partial charge in [0.2, 0.25) is 5.95 Å². The molecule has 1 aliphatic heterocycles. The maximum absolute atomic E-state index is 14.5. The molecule has 0 spiro atoms. The van der Waals surface area contributed by atoms with Crippen LogP contribution in [0.15, 0.2) is 35.5 Å². The van der Waals surface area contributed by atoms with Crippen LogP contribution in [0.3, 0.4) is 0 Å². The van der Waals surface area contributed by atoms with Gasteiger partial charge in [0.05, 0.1) is 12.2 Å². The lowest BCUT2D eigenvalue weighted by molar-refractivity contribution is -0.139. The van der Waals surface area contributed by atoms with Crippen molar-refractivity contribution in [2.75, 3.05) is 11.9 Å². The van der Waals surface area contributed by atoms with E-state index >= 15 is 0 Å². The number of hydrogen-bond acceptors (Lipinski definition) is 6. The summed E-state index contributed by atoms with van der Waals surface area (Å²) in [6.45, 7) is 4.26. The molecule has 2 heterocycles. The molecule has 0 amide bonds. The van der Waals surface area contributed by atoms with Crippen molar-refractivity contribution in [3.05, 3.63) is 46.9 Å². The molecule has 0 bridgehead atoms. The zero-order valence-corrected chi connectivity index (χ0v) is 16.3. The maximum Gasteiger partial charge on any atom is 0.338 e. The molecule has 150 valence electrons. The van der Waals surface area contributed by atoms with Gasteiger partial charge in [-0.05, 0) is 29.8 Å². The minimum atomic E-state index is -0.774. The number of hydrogen-bond donors (Lipinski definition) is 1. The molecule has 0 aliphatic carbocycles. The molecule has 1 aromatic heterocycles. The van der Waals surface area contributed by atoms with Gasteiger partial charge >= 0.3 is 5.97 Å². The fraction of sp³-hybridized carbons (Fsp3) is 0.500. The largest absolute Gasteiger partial charge is 0.462 e. The van der Waals surface area contributed by atoms with Crippen LogP contribution in [0.5, 0.6) is 0 Å². The lowest BCUT2D eigenvalue weighted by atomic mass is 9.95. The first-order valence-electron chi connectivity index (χ1n) is 9.80. The van der Waals surface area contributed by atoms with Gasteiger partial charge in [-0.15, -0.1) is 0 Å². The van der Waals surface area contributed by atoms with E-state index in [9.17, 15) is 9.18 Å². The van der Waals surface area contributed by atoms with Crippen LogP contribution in [0.25, 0.3) is 0 Å². The highest BCUT2D eigenvalue weighted by Gasteiger charge is 2.36. The first-order chi connectivity index (χ1) is 13.6. The van der Waals surface area contributed by atoms with Gasteiger partial charge in [-0.2, -0.15) is 4.68 Å². The Bertz CT molecular complexity index is 849. The van der Waals surface area contributed by atoms with Crippen LogP contribution in [0, 0.1) is 5.82 Å². The van der Waals surface area contributed by atoms with Crippen LogP contribution in [0.1, 0.15) is 64.0 Å². The quantitative estimate of drug-likeness (QED) is 0.517. The second kappa shape index (κ2) is 9.43. The molecule has 1 atom stereocenters. The van der Waals surface area contributed by atoms with E-state index in [-0.39, 0.29) is 0 Å². The number of halogens is 1. The van der Waals surface area contributed by atoms with Crippen LogP contribution < -0.4 is 5.32 Å². The summed E-state index contributed by atoms with van der Waals surface area (Å²) in [5.41, 5.74) is 1.20. The van der Waals surface area contributed by atoms with Crippen LogP contribution in [0.4, 0.5) is 10.3 Å². The Morgan fingerprint density at radius 3 is 2.75 bits per heavy atom. The fourth-order valence-electron chi connectivity index (χ4n) is 3.39. The SMILES string of the molecule is CCCCCCCCOC(=O)C1=C(C)Nc2nnnn2[C@@H]1c1ccccc1F. The maximum atomic E-state index is 14.5. The predicted octanol–water partition coefficient (Wildman–Crippen LogP) is 4.00. The number of benzene rings is 1. The van der Waals surface area contributed by atoms with Gasteiger partial charge < -0.3 is 10.1 Å². The summed E-state index contributed by atoms with van der Waals surface area (Å²) >= 11 is 0. The van der Waals surface area contributed by atoms with Gasteiger partial charge in [0.25, 0.3) is 0 Å². The molecule has 1 aromatic carbocycles. The fourth-order valence-corrected chi connectivity index (χ4v) is 3.39. The van der Waals surface area contributed by atoms with E-state index in [0.29, 0.717) is 29.4 Å². The number of carbonyl (C=O) groups excluding carboxylic acids is 1. The molecule has 0 saturated heterocycles. The Labute approximate surface area is 164 Å². The molecule has 0 unspecified atom stereocenters. The van der Waals surface area contributed by atoms with Gasteiger partial charge in [0.1, 0.15) is 11.9 Å². The van der Waals surface area contributed by atoms with Gasteiger partial charge in [0, 0.05) is 11.3 Å². The van der Waals surface area contributed by atoms with Gasteiger partial charge in [-0.25, -0.2) is 9.18 Å². The predicted molar refractivity (Wildman–Crippen MR) is 103 cm³/mol. The van der Waals surface area contributed by atoms with Crippen LogP contribution in [-0.4, -0.2) is 32.8 Å². The molecular weight excluding hydrogens is 361 g/mol.